The van der Waals surface area contributed by atoms with Crippen molar-refractivity contribution in [3.63, 3.8) is 0 Å². The number of aliphatic hydroxyl groups excluding tert-OH is 1. The third kappa shape index (κ3) is 4.47. The summed E-state index contributed by atoms with van der Waals surface area (Å²) in [4.78, 5) is 4.62. The Kier molecular flexibility index (Phi) is 5.40. The molecule has 0 radical (unpaired) electrons. The highest BCUT2D eigenvalue weighted by Crippen LogP contribution is 2.19. The first-order chi connectivity index (χ1) is 9.54. The maximum absolute atomic E-state index is 10.1. The highest BCUT2D eigenvalue weighted by molar-refractivity contribution is 5.35. The van der Waals surface area contributed by atoms with Gasteiger partial charge in [-0.3, -0.25) is 4.90 Å². The first kappa shape index (κ1) is 15.3. The Labute approximate surface area is 122 Å². The second kappa shape index (κ2) is 7.07. The largest absolute Gasteiger partial charge is 0.491 e. The maximum Gasteiger partial charge on any atom is 0.122 e. The molecule has 0 saturated carbocycles. The lowest BCUT2D eigenvalue weighted by Crippen LogP contribution is -2.47. The number of rotatable bonds is 5. The van der Waals surface area contributed by atoms with Crippen LogP contribution in [0.2, 0.25) is 0 Å². The van der Waals surface area contributed by atoms with E-state index in [9.17, 15) is 5.11 Å². The van der Waals surface area contributed by atoms with Gasteiger partial charge in [-0.1, -0.05) is 12.1 Å². The van der Waals surface area contributed by atoms with Crippen molar-refractivity contribution in [3.8, 4) is 5.75 Å². The molecule has 1 saturated heterocycles. The predicted octanol–water partition coefficient (Wildman–Crippen LogP) is 1.29. The van der Waals surface area contributed by atoms with Crippen LogP contribution in [-0.4, -0.2) is 67.4 Å². The van der Waals surface area contributed by atoms with Crippen molar-refractivity contribution in [1.82, 2.24) is 9.80 Å². The molecule has 112 valence electrons. The van der Waals surface area contributed by atoms with E-state index in [2.05, 4.69) is 29.0 Å². The van der Waals surface area contributed by atoms with Crippen LogP contribution >= 0.6 is 0 Å². The third-order valence-corrected chi connectivity index (χ3v) is 3.84. The fourth-order valence-electron chi connectivity index (χ4n) is 2.43. The van der Waals surface area contributed by atoms with Gasteiger partial charge in [0.1, 0.15) is 18.5 Å². The van der Waals surface area contributed by atoms with E-state index < -0.39 is 6.10 Å². The first-order valence-corrected chi connectivity index (χ1v) is 7.33. The number of nitrogens with zero attached hydrogens (tertiary/aromatic N) is 2. The van der Waals surface area contributed by atoms with Gasteiger partial charge in [0.2, 0.25) is 0 Å². The minimum atomic E-state index is -0.432. The van der Waals surface area contributed by atoms with Gasteiger partial charge in [0, 0.05) is 32.7 Å². The van der Waals surface area contributed by atoms with Crippen molar-refractivity contribution in [2.75, 3.05) is 46.4 Å². The Morgan fingerprint density at radius 1 is 1.20 bits per heavy atom. The summed E-state index contributed by atoms with van der Waals surface area (Å²) in [5.74, 6) is 0.877. The summed E-state index contributed by atoms with van der Waals surface area (Å²) in [7, 11) is 2.14. The molecule has 4 heteroatoms. The summed E-state index contributed by atoms with van der Waals surface area (Å²) in [5.41, 5.74) is 2.29. The van der Waals surface area contributed by atoms with Crippen LogP contribution in [0.1, 0.15) is 11.1 Å². The molecule has 1 atom stereocenters. The van der Waals surface area contributed by atoms with Crippen molar-refractivity contribution >= 4 is 0 Å². The number of ether oxygens (including phenoxy) is 1. The second-order valence-corrected chi connectivity index (χ2v) is 5.84. The zero-order valence-electron chi connectivity index (χ0n) is 12.8. The Hall–Kier alpha value is -1.10. The molecule has 0 unspecified atom stereocenters. The molecule has 2 rings (SSSR count). The van der Waals surface area contributed by atoms with Crippen LogP contribution in [0.4, 0.5) is 0 Å². The molecule has 1 aromatic rings. The van der Waals surface area contributed by atoms with Gasteiger partial charge in [-0.2, -0.15) is 0 Å². The molecule has 0 amide bonds. The van der Waals surface area contributed by atoms with Gasteiger partial charge >= 0.3 is 0 Å². The first-order valence-electron chi connectivity index (χ1n) is 7.33. The van der Waals surface area contributed by atoms with Crippen LogP contribution in [0.3, 0.4) is 0 Å². The summed E-state index contributed by atoms with van der Waals surface area (Å²) in [5, 5.41) is 10.1. The van der Waals surface area contributed by atoms with Crippen LogP contribution in [0.25, 0.3) is 0 Å². The third-order valence-electron chi connectivity index (χ3n) is 3.84. The van der Waals surface area contributed by atoms with Crippen molar-refractivity contribution < 1.29 is 9.84 Å². The van der Waals surface area contributed by atoms with E-state index in [1.165, 1.54) is 5.56 Å². The van der Waals surface area contributed by atoms with Crippen molar-refractivity contribution in [2.45, 2.75) is 20.0 Å². The summed E-state index contributed by atoms with van der Waals surface area (Å²) < 4.78 is 5.75. The van der Waals surface area contributed by atoms with Crippen LogP contribution in [0.15, 0.2) is 18.2 Å². The van der Waals surface area contributed by atoms with E-state index in [1.54, 1.807) is 0 Å². The molecule has 20 heavy (non-hydrogen) atoms. The number of hydrogen-bond acceptors (Lipinski definition) is 4. The van der Waals surface area contributed by atoms with E-state index in [-0.39, 0.29) is 0 Å². The Morgan fingerprint density at radius 3 is 2.60 bits per heavy atom. The lowest BCUT2D eigenvalue weighted by molar-refractivity contribution is 0.0503. The van der Waals surface area contributed by atoms with Gasteiger partial charge in [0.05, 0.1) is 0 Å². The molecule has 1 aliphatic heterocycles. The number of likely N-dealkylation sites (N-methyl/N-ethyl adjacent to an activating group) is 1. The maximum atomic E-state index is 10.1. The molecule has 0 bridgehead atoms. The number of aliphatic hydroxyl groups is 1. The molecular weight excluding hydrogens is 252 g/mol. The second-order valence-electron chi connectivity index (χ2n) is 5.84. The van der Waals surface area contributed by atoms with Crippen molar-refractivity contribution in [1.29, 1.82) is 0 Å². The molecular formula is C16H26N2O2. The predicted molar refractivity (Wildman–Crippen MR) is 81.4 cm³/mol. The lowest BCUT2D eigenvalue weighted by Gasteiger charge is -2.33. The molecule has 1 N–H and O–H groups in total. The smallest absolute Gasteiger partial charge is 0.122 e. The lowest BCUT2D eigenvalue weighted by atomic mass is 10.1. The monoisotopic (exact) mass is 278 g/mol. The summed E-state index contributed by atoms with van der Waals surface area (Å²) >= 11 is 0. The minimum Gasteiger partial charge on any atom is -0.491 e. The van der Waals surface area contributed by atoms with Crippen LogP contribution in [-0.2, 0) is 0 Å². The summed E-state index contributed by atoms with van der Waals surface area (Å²) in [6.45, 7) is 9.33. The summed E-state index contributed by atoms with van der Waals surface area (Å²) in [6, 6.07) is 6.15. The molecule has 1 aromatic carbocycles. The van der Waals surface area contributed by atoms with E-state index in [0.29, 0.717) is 13.2 Å². The molecule has 4 nitrogen and oxygen atoms in total. The van der Waals surface area contributed by atoms with E-state index in [1.807, 2.05) is 19.9 Å². The van der Waals surface area contributed by atoms with E-state index >= 15 is 0 Å². The van der Waals surface area contributed by atoms with E-state index in [4.69, 9.17) is 4.74 Å². The zero-order valence-corrected chi connectivity index (χ0v) is 12.8. The normalized spacial score (nSPS) is 19.0. The SMILES string of the molecule is Cc1ccc(C)c(OC[C@H](O)CN2CCN(C)CC2)c1. The van der Waals surface area contributed by atoms with Crippen LogP contribution in [0, 0.1) is 13.8 Å². The standard InChI is InChI=1S/C16H26N2O2/c1-13-4-5-14(2)16(10-13)20-12-15(19)11-18-8-6-17(3)7-9-18/h4-5,10,15,19H,6-9,11-12H2,1-3H3/t15-/m1/s1. The molecule has 1 aliphatic rings. The van der Waals surface area contributed by atoms with Gasteiger partial charge in [-0.15, -0.1) is 0 Å². The molecule has 0 aliphatic carbocycles. The molecule has 0 spiro atoms. The summed E-state index contributed by atoms with van der Waals surface area (Å²) in [6.07, 6.45) is -0.432. The number of hydrogen-bond donors (Lipinski definition) is 1. The average molecular weight is 278 g/mol. The fraction of sp³-hybridized carbons (Fsp3) is 0.625. The highest BCUT2D eigenvalue weighted by atomic mass is 16.5. The van der Waals surface area contributed by atoms with Gasteiger partial charge in [0.15, 0.2) is 0 Å². The Morgan fingerprint density at radius 2 is 1.90 bits per heavy atom. The molecule has 1 heterocycles. The van der Waals surface area contributed by atoms with Gasteiger partial charge in [0.25, 0.3) is 0 Å². The Balaban J connectivity index is 1.77. The van der Waals surface area contributed by atoms with Crippen LogP contribution < -0.4 is 4.74 Å². The van der Waals surface area contributed by atoms with Crippen LogP contribution in [0.5, 0.6) is 5.75 Å². The average Bonchev–Trinajstić information content (AvgIpc) is 2.42. The zero-order chi connectivity index (χ0) is 14.5. The number of β-amino-alcohol motifs (C(OH)–C–C–N with tert-alkyl or cyclic N) is 1. The number of benzene rings is 1. The number of piperazine rings is 1. The number of aryl methyl sites for hydroxylation is 2. The highest BCUT2D eigenvalue weighted by Gasteiger charge is 2.17. The van der Waals surface area contributed by atoms with Gasteiger partial charge in [-0.05, 0) is 38.1 Å². The topological polar surface area (TPSA) is 35.9 Å². The fourth-order valence-corrected chi connectivity index (χ4v) is 2.43. The van der Waals surface area contributed by atoms with Crippen molar-refractivity contribution in [3.05, 3.63) is 29.3 Å². The quantitative estimate of drug-likeness (QED) is 0.880. The minimum absolute atomic E-state index is 0.358. The Bertz CT molecular complexity index is 428. The van der Waals surface area contributed by atoms with Gasteiger partial charge < -0.3 is 14.7 Å². The molecule has 0 aromatic heterocycles. The molecule has 1 fully saturated rings. The van der Waals surface area contributed by atoms with Crippen molar-refractivity contribution in [2.24, 2.45) is 0 Å². The van der Waals surface area contributed by atoms with Gasteiger partial charge in [-0.25, -0.2) is 0 Å². The van der Waals surface area contributed by atoms with E-state index in [0.717, 1.165) is 37.5 Å².